The molecule has 0 N–H and O–H groups in total. The van der Waals surface area contributed by atoms with Crippen LogP contribution < -0.4 is 4.74 Å². The summed E-state index contributed by atoms with van der Waals surface area (Å²) in [7, 11) is 2.16. The van der Waals surface area contributed by atoms with E-state index in [0.717, 1.165) is 30.8 Å². The van der Waals surface area contributed by atoms with Crippen LogP contribution in [0, 0.1) is 25.2 Å². The fourth-order valence-corrected chi connectivity index (χ4v) is 4.06. The average molecular weight is 396 g/mol. The Morgan fingerprint density at radius 1 is 1.21 bits per heavy atom. The highest BCUT2D eigenvalue weighted by atomic mass is 16.5. The van der Waals surface area contributed by atoms with Crippen molar-refractivity contribution in [2.45, 2.75) is 46.5 Å². The summed E-state index contributed by atoms with van der Waals surface area (Å²) in [5.41, 5.74) is 2.77. The first kappa shape index (κ1) is 21.4. The number of likely N-dealkylation sites (N-methyl/N-ethyl adjacent to an activating group) is 1. The van der Waals surface area contributed by atoms with Gasteiger partial charge in [-0.1, -0.05) is 12.1 Å². The van der Waals surface area contributed by atoms with Crippen molar-refractivity contribution in [2.24, 2.45) is 11.3 Å². The highest BCUT2D eigenvalue weighted by Crippen LogP contribution is 2.35. The maximum atomic E-state index is 13.0. The Morgan fingerprint density at radius 3 is 2.69 bits per heavy atom. The molecular formula is C24H33N3O2. The van der Waals surface area contributed by atoms with Crippen molar-refractivity contribution in [1.29, 1.82) is 0 Å². The van der Waals surface area contributed by atoms with E-state index in [1.165, 1.54) is 5.56 Å². The van der Waals surface area contributed by atoms with Gasteiger partial charge in [0, 0.05) is 49.1 Å². The van der Waals surface area contributed by atoms with E-state index in [2.05, 4.69) is 34.0 Å². The summed E-state index contributed by atoms with van der Waals surface area (Å²) in [5, 5.41) is 0. The Labute approximate surface area is 174 Å². The van der Waals surface area contributed by atoms with Crippen LogP contribution in [0.5, 0.6) is 5.88 Å². The number of carbonyl (C=O) groups excluding carboxylic acids is 1. The number of ether oxygens (including phenoxy) is 1. The molecule has 1 saturated heterocycles. The molecule has 0 saturated carbocycles. The zero-order chi connectivity index (χ0) is 21.0. The van der Waals surface area contributed by atoms with Gasteiger partial charge in [0.15, 0.2) is 0 Å². The van der Waals surface area contributed by atoms with Crippen LogP contribution in [0.3, 0.4) is 0 Å². The lowest BCUT2D eigenvalue weighted by molar-refractivity contribution is -0.128. The molecule has 2 aromatic heterocycles. The van der Waals surface area contributed by atoms with E-state index >= 15 is 0 Å². The summed E-state index contributed by atoms with van der Waals surface area (Å²) in [6.07, 6.45) is 5.19. The summed E-state index contributed by atoms with van der Waals surface area (Å²) < 4.78 is 5.86. The Bertz CT molecular complexity index is 832. The molecule has 2 aromatic rings. The number of hydrogen-bond donors (Lipinski definition) is 0. The van der Waals surface area contributed by atoms with Crippen molar-refractivity contribution >= 4 is 5.78 Å². The van der Waals surface area contributed by atoms with Crippen LogP contribution in [0.1, 0.15) is 49.4 Å². The van der Waals surface area contributed by atoms with Crippen molar-refractivity contribution in [2.75, 3.05) is 26.7 Å². The van der Waals surface area contributed by atoms with Gasteiger partial charge in [-0.15, -0.1) is 0 Å². The second kappa shape index (κ2) is 9.04. The predicted octanol–water partition coefficient (Wildman–Crippen LogP) is 4.19. The molecule has 0 bridgehead atoms. The van der Waals surface area contributed by atoms with Crippen LogP contribution >= 0.6 is 0 Å². The van der Waals surface area contributed by atoms with Crippen LogP contribution in [0.4, 0.5) is 0 Å². The van der Waals surface area contributed by atoms with E-state index < -0.39 is 5.41 Å². The Morgan fingerprint density at radius 2 is 2.00 bits per heavy atom. The lowest BCUT2D eigenvalue weighted by atomic mass is 9.81. The zero-order valence-electron chi connectivity index (χ0n) is 18.3. The first-order valence-electron chi connectivity index (χ1n) is 10.4. The van der Waals surface area contributed by atoms with Crippen molar-refractivity contribution in [3.05, 3.63) is 53.5 Å². The van der Waals surface area contributed by atoms with Gasteiger partial charge in [0.1, 0.15) is 12.4 Å². The highest BCUT2D eigenvalue weighted by Gasteiger charge is 2.34. The first-order valence-corrected chi connectivity index (χ1v) is 10.4. The third-order valence-corrected chi connectivity index (χ3v) is 6.01. The number of Topliss-reactive ketones (excluding diaryl/α,β-unsaturated/α-hetero) is 1. The molecule has 0 unspecified atom stereocenters. The quantitative estimate of drug-likeness (QED) is 0.671. The molecule has 29 heavy (non-hydrogen) atoms. The van der Waals surface area contributed by atoms with Crippen molar-refractivity contribution in [3.8, 4) is 5.88 Å². The molecule has 1 aliphatic rings. The SMILES string of the molecule is Cc1ccc([C@@H]2CN(C)C[C@H]2CCC(=O)C(C)(C)COc2ncccc2C)cn1. The molecule has 5 nitrogen and oxygen atoms in total. The van der Waals surface area contributed by atoms with E-state index in [4.69, 9.17) is 4.74 Å². The fraction of sp³-hybridized carbons (Fsp3) is 0.542. The summed E-state index contributed by atoms with van der Waals surface area (Å²) in [6, 6.07) is 8.12. The van der Waals surface area contributed by atoms with E-state index in [1.54, 1.807) is 6.20 Å². The molecule has 0 aromatic carbocycles. The fourth-order valence-electron chi connectivity index (χ4n) is 4.06. The Hall–Kier alpha value is -2.27. The van der Waals surface area contributed by atoms with Gasteiger partial charge in [0.25, 0.3) is 0 Å². The molecule has 2 atom stereocenters. The number of pyridine rings is 2. The molecular weight excluding hydrogens is 362 g/mol. The maximum Gasteiger partial charge on any atom is 0.216 e. The van der Waals surface area contributed by atoms with Crippen LogP contribution in [0.25, 0.3) is 0 Å². The number of aromatic nitrogens is 2. The monoisotopic (exact) mass is 395 g/mol. The Kier molecular flexibility index (Phi) is 6.68. The van der Waals surface area contributed by atoms with E-state index in [-0.39, 0.29) is 5.78 Å². The molecule has 156 valence electrons. The summed E-state index contributed by atoms with van der Waals surface area (Å²) in [6.45, 7) is 10.3. The molecule has 0 spiro atoms. The number of likely N-dealkylation sites (tertiary alicyclic amines) is 1. The standard InChI is InChI=1S/C24H33N3O2/c1-17-7-6-12-25-23(17)29-16-24(3,4)22(28)11-10-20-14-27(5)15-21(20)19-9-8-18(2)26-13-19/h6-9,12-13,20-21H,10-11,14-16H2,1-5H3/t20-,21+/m1/s1. The molecule has 0 amide bonds. The van der Waals surface area contributed by atoms with E-state index in [1.807, 2.05) is 46.0 Å². The smallest absolute Gasteiger partial charge is 0.216 e. The number of nitrogens with zero attached hydrogens (tertiary/aromatic N) is 3. The number of carbonyl (C=O) groups is 1. The lowest BCUT2D eigenvalue weighted by Crippen LogP contribution is -2.32. The van der Waals surface area contributed by atoms with Crippen molar-refractivity contribution < 1.29 is 9.53 Å². The summed E-state index contributed by atoms with van der Waals surface area (Å²) in [5.74, 6) is 1.78. The average Bonchev–Trinajstić information content (AvgIpc) is 3.06. The van der Waals surface area contributed by atoms with Gasteiger partial charge >= 0.3 is 0 Å². The number of hydrogen-bond acceptors (Lipinski definition) is 5. The zero-order valence-corrected chi connectivity index (χ0v) is 18.3. The van der Waals surface area contributed by atoms with Crippen LogP contribution in [-0.4, -0.2) is 47.4 Å². The molecule has 0 radical (unpaired) electrons. The molecule has 1 fully saturated rings. The molecule has 3 heterocycles. The maximum absolute atomic E-state index is 13.0. The molecule has 1 aliphatic heterocycles. The summed E-state index contributed by atoms with van der Waals surface area (Å²) >= 11 is 0. The minimum Gasteiger partial charge on any atom is -0.476 e. The van der Waals surface area contributed by atoms with E-state index in [0.29, 0.717) is 30.7 Å². The van der Waals surface area contributed by atoms with Crippen molar-refractivity contribution in [3.63, 3.8) is 0 Å². The van der Waals surface area contributed by atoms with Crippen LogP contribution in [0.2, 0.25) is 0 Å². The largest absolute Gasteiger partial charge is 0.476 e. The topological polar surface area (TPSA) is 55.3 Å². The second-order valence-electron chi connectivity index (χ2n) is 9.08. The second-order valence-corrected chi connectivity index (χ2v) is 9.08. The Balaban J connectivity index is 1.57. The molecule has 5 heteroatoms. The van der Waals surface area contributed by atoms with Crippen LogP contribution in [-0.2, 0) is 4.79 Å². The van der Waals surface area contributed by atoms with Crippen LogP contribution in [0.15, 0.2) is 36.7 Å². The number of ketones is 1. The van der Waals surface area contributed by atoms with Gasteiger partial charge in [0.05, 0.1) is 5.41 Å². The summed E-state index contributed by atoms with van der Waals surface area (Å²) in [4.78, 5) is 24.1. The van der Waals surface area contributed by atoms with Gasteiger partial charge in [0.2, 0.25) is 5.88 Å². The van der Waals surface area contributed by atoms with Gasteiger partial charge in [-0.25, -0.2) is 4.98 Å². The lowest BCUT2D eigenvalue weighted by Gasteiger charge is -2.25. The third-order valence-electron chi connectivity index (χ3n) is 6.01. The number of aryl methyl sites for hydroxylation is 2. The third kappa shape index (κ3) is 5.41. The minimum atomic E-state index is -0.532. The highest BCUT2D eigenvalue weighted by molar-refractivity contribution is 5.84. The first-order chi connectivity index (χ1) is 13.8. The molecule has 3 rings (SSSR count). The normalized spacial score (nSPS) is 20.0. The van der Waals surface area contributed by atoms with Crippen molar-refractivity contribution in [1.82, 2.24) is 14.9 Å². The minimum absolute atomic E-state index is 0.251. The van der Waals surface area contributed by atoms with Gasteiger partial charge < -0.3 is 9.64 Å². The van der Waals surface area contributed by atoms with Gasteiger partial charge in [-0.2, -0.15) is 0 Å². The molecule has 0 aliphatic carbocycles. The van der Waals surface area contributed by atoms with Gasteiger partial charge in [-0.3, -0.25) is 9.78 Å². The van der Waals surface area contributed by atoms with Gasteiger partial charge in [-0.05, 0) is 64.8 Å². The number of rotatable bonds is 8. The van der Waals surface area contributed by atoms with E-state index in [9.17, 15) is 4.79 Å². The predicted molar refractivity (Wildman–Crippen MR) is 115 cm³/mol.